The van der Waals surface area contributed by atoms with Crippen LogP contribution in [0.15, 0.2) is 91.0 Å². The molecule has 11 nitrogen and oxygen atoms in total. The monoisotopic (exact) mass is 837 g/mol. The molecule has 12 heteroatoms. The van der Waals surface area contributed by atoms with Gasteiger partial charge < -0.3 is 19.5 Å². The number of hydrogen-bond acceptors (Lipinski definition) is 10. The average molecular weight is 838 g/mol. The number of alkyl carbamates (subject to hydrolysis) is 1. The molecule has 0 bridgehead atoms. The van der Waals surface area contributed by atoms with Gasteiger partial charge in [0.1, 0.15) is 13.2 Å². The van der Waals surface area contributed by atoms with E-state index in [9.17, 15) is 18.9 Å². The first kappa shape index (κ1) is 49.3. The number of amides is 1. The van der Waals surface area contributed by atoms with Gasteiger partial charge in [-0.05, 0) is 30.0 Å². The van der Waals surface area contributed by atoms with Gasteiger partial charge in [-0.2, -0.15) is 0 Å². The van der Waals surface area contributed by atoms with Crippen LogP contribution in [-0.2, 0) is 61.8 Å². The minimum Gasteiger partial charge on any atom is -0.466 e. The summed E-state index contributed by atoms with van der Waals surface area (Å²) < 4.78 is 47.7. The third-order valence-electron chi connectivity index (χ3n) is 9.75. The largest absolute Gasteiger partial charge is 0.475 e. The van der Waals surface area contributed by atoms with E-state index in [0.29, 0.717) is 12.0 Å². The number of hydrogen-bond donors (Lipinski definition) is 1. The molecule has 0 radical (unpaired) electrons. The number of carbonyl (C=O) groups is 3. The zero-order chi connectivity index (χ0) is 42.2. The third kappa shape index (κ3) is 23.4. The molecule has 0 saturated heterocycles. The molecule has 0 fully saturated rings. The lowest BCUT2D eigenvalue weighted by Crippen LogP contribution is -2.49. The smallest absolute Gasteiger partial charge is 0.466 e. The number of ether oxygens (including phenoxy) is 3. The van der Waals surface area contributed by atoms with E-state index >= 15 is 0 Å². The van der Waals surface area contributed by atoms with Crippen LogP contribution < -0.4 is 5.32 Å². The molecule has 0 aliphatic heterocycles. The maximum Gasteiger partial charge on any atom is 0.475 e. The molecular weight excluding hydrogens is 769 g/mol. The van der Waals surface area contributed by atoms with Crippen molar-refractivity contribution in [1.29, 1.82) is 0 Å². The Balaban J connectivity index is 1.44. The van der Waals surface area contributed by atoms with Crippen LogP contribution in [0.25, 0.3) is 0 Å². The lowest BCUT2D eigenvalue weighted by atomic mass is 10.0. The summed E-state index contributed by atoms with van der Waals surface area (Å²) in [6.45, 7) is 3.42. The molecule has 0 aliphatic carbocycles. The topological polar surface area (TPSA) is 136 Å². The van der Waals surface area contributed by atoms with Gasteiger partial charge in [0.2, 0.25) is 0 Å². The number of benzene rings is 3. The van der Waals surface area contributed by atoms with Crippen LogP contribution in [-0.4, -0.2) is 43.4 Å². The van der Waals surface area contributed by atoms with Crippen molar-refractivity contribution in [3.05, 3.63) is 108 Å². The number of rotatable bonds is 33. The van der Waals surface area contributed by atoms with E-state index in [-0.39, 0.29) is 45.4 Å². The summed E-state index contributed by atoms with van der Waals surface area (Å²) in [7, 11) is -4.37. The second-order valence-corrected chi connectivity index (χ2v) is 16.5. The maximum atomic E-state index is 14.1. The quantitative estimate of drug-likeness (QED) is 0.0273. The van der Waals surface area contributed by atoms with Crippen molar-refractivity contribution >= 4 is 25.9 Å². The van der Waals surface area contributed by atoms with Crippen molar-refractivity contribution < 1.29 is 46.7 Å². The molecule has 0 aromatic heterocycles. The van der Waals surface area contributed by atoms with E-state index in [1.807, 2.05) is 54.6 Å². The molecule has 0 spiro atoms. The van der Waals surface area contributed by atoms with Crippen LogP contribution >= 0.6 is 7.82 Å². The predicted molar refractivity (Wildman–Crippen MR) is 230 cm³/mol. The number of phosphoric ester groups is 1. The molecule has 0 heterocycles. The highest BCUT2D eigenvalue weighted by Gasteiger charge is 2.37. The second-order valence-electron chi connectivity index (χ2n) is 14.9. The molecule has 3 rings (SSSR count). The van der Waals surface area contributed by atoms with Gasteiger partial charge >= 0.3 is 25.9 Å². The number of esters is 2. The molecule has 3 aromatic rings. The Kier molecular flexibility index (Phi) is 25.9. The first-order chi connectivity index (χ1) is 28.8. The van der Waals surface area contributed by atoms with E-state index in [4.69, 9.17) is 27.8 Å². The Morgan fingerprint density at radius 2 is 1.00 bits per heavy atom. The van der Waals surface area contributed by atoms with E-state index < -0.39 is 32.0 Å². The third-order valence-corrected chi connectivity index (χ3v) is 11.3. The second kappa shape index (κ2) is 30.9. The molecule has 0 aliphatic rings. The number of carbonyl (C=O) groups excluding carboxylic acids is 3. The number of unbranched alkanes of at least 4 members (excludes halogenated alkanes) is 14. The van der Waals surface area contributed by atoms with E-state index in [2.05, 4.69) is 12.2 Å². The van der Waals surface area contributed by atoms with Crippen LogP contribution in [0, 0.1) is 0 Å². The lowest BCUT2D eigenvalue weighted by Gasteiger charge is -2.27. The van der Waals surface area contributed by atoms with Gasteiger partial charge in [-0.1, -0.05) is 188 Å². The van der Waals surface area contributed by atoms with Crippen molar-refractivity contribution in [2.24, 2.45) is 0 Å². The molecule has 1 N–H and O–H groups in total. The first-order valence-corrected chi connectivity index (χ1v) is 23.2. The fourth-order valence-corrected chi connectivity index (χ4v) is 7.69. The standard InChI is InChI=1S/C47H68NO10P/c1-3-4-5-6-7-8-9-10-11-12-13-14-15-16-26-34-44(49)53-35-27-36-56-59(52,57-39-43-32-24-19-25-33-43)58-40(2)45(46(50)54-37-41-28-20-17-21-29-41)48-47(51)55-38-42-30-22-18-23-31-42/h17-25,28-33,40,45H,3-16,26-27,34-39H2,1-2H3,(H,48,51)/t40-,45+,59?/m1/s1. The van der Waals surface area contributed by atoms with Crippen LogP contribution in [0.4, 0.5) is 4.79 Å². The van der Waals surface area contributed by atoms with E-state index in [1.165, 1.54) is 84.0 Å². The molecular formula is C47H68NO10P. The Morgan fingerprint density at radius 1 is 0.542 bits per heavy atom. The molecule has 326 valence electrons. The molecule has 3 atom stereocenters. The van der Waals surface area contributed by atoms with Gasteiger partial charge in [-0.3, -0.25) is 18.4 Å². The highest BCUT2D eigenvalue weighted by molar-refractivity contribution is 7.48. The minimum absolute atomic E-state index is 0.0421. The van der Waals surface area contributed by atoms with Crippen molar-refractivity contribution in [3.63, 3.8) is 0 Å². The van der Waals surface area contributed by atoms with Crippen LogP contribution in [0.1, 0.15) is 140 Å². The highest BCUT2D eigenvalue weighted by Crippen LogP contribution is 2.51. The average Bonchev–Trinajstić information content (AvgIpc) is 3.25. The van der Waals surface area contributed by atoms with Gasteiger partial charge in [-0.15, -0.1) is 0 Å². The summed E-state index contributed by atoms with van der Waals surface area (Å²) in [5, 5.41) is 2.51. The molecule has 1 unspecified atom stereocenters. The summed E-state index contributed by atoms with van der Waals surface area (Å²) in [5.74, 6) is -1.12. The van der Waals surface area contributed by atoms with Crippen LogP contribution in [0.5, 0.6) is 0 Å². The summed E-state index contributed by atoms with van der Waals surface area (Å²) >= 11 is 0. The highest BCUT2D eigenvalue weighted by atomic mass is 31.2. The Labute approximate surface area is 352 Å². The summed E-state index contributed by atoms with van der Waals surface area (Å²) in [5.41, 5.74) is 2.19. The van der Waals surface area contributed by atoms with Gasteiger partial charge in [0.25, 0.3) is 0 Å². The minimum atomic E-state index is -4.37. The van der Waals surface area contributed by atoms with Gasteiger partial charge in [0.15, 0.2) is 6.04 Å². The van der Waals surface area contributed by atoms with Crippen LogP contribution in [0.3, 0.4) is 0 Å². The number of phosphoric acid groups is 1. The van der Waals surface area contributed by atoms with Gasteiger partial charge in [0.05, 0.1) is 25.9 Å². The summed E-state index contributed by atoms with van der Waals surface area (Å²) in [6, 6.07) is 25.7. The van der Waals surface area contributed by atoms with Gasteiger partial charge in [-0.25, -0.2) is 14.2 Å². The fraction of sp³-hybridized carbons (Fsp3) is 0.553. The Hall–Kier alpha value is -4.02. The molecule has 59 heavy (non-hydrogen) atoms. The normalized spacial score (nSPS) is 13.2. The first-order valence-electron chi connectivity index (χ1n) is 21.7. The Bertz CT molecular complexity index is 1590. The van der Waals surface area contributed by atoms with Crippen LogP contribution in [0.2, 0.25) is 0 Å². The van der Waals surface area contributed by atoms with Crippen molar-refractivity contribution in [1.82, 2.24) is 5.32 Å². The maximum absolute atomic E-state index is 14.1. The molecule has 0 saturated carbocycles. The van der Waals surface area contributed by atoms with Gasteiger partial charge in [0, 0.05) is 12.8 Å². The zero-order valence-corrected chi connectivity index (χ0v) is 36.3. The Morgan fingerprint density at radius 3 is 1.51 bits per heavy atom. The summed E-state index contributed by atoms with van der Waals surface area (Å²) in [6.07, 6.45) is 17.2. The number of nitrogens with one attached hydrogen (secondary N) is 1. The molecule has 1 amide bonds. The fourth-order valence-electron chi connectivity index (χ4n) is 6.30. The zero-order valence-electron chi connectivity index (χ0n) is 35.4. The lowest BCUT2D eigenvalue weighted by molar-refractivity contribution is -0.150. The van der Waals surface area contributed by atoms with Crippen molar-refractivity contribution in [2.75, 3.05) is 13.2 Å². The van der Waals surface area contributed by atoms with Crippen molar-refractivity contribution in [2.45, 2.75) is 155 Å². The summed E-state index contributed by atoms with van der Waals surface area (Å²) in [4.78, 5) is 38.7. The van der Waals surface area contributed by atoms with E-state index in [0.717, 1.165) is 30.4 Å². The molecule has 3 aromatic carbocycles. The predicted octanol–water partition coefficient (Wildman–Crippen LogP) is 12.0. The SMILES string of the molecule is CCCCCCCCCCCCCCCCCC(=O)OCCCOP(=O)(OCc1ccccc1)O[C@H](C)[C@H](NC(=O)OCc1ccccc1)C(=O)OCc1ccccc1. The van der Waals surface area contributed by atoms with Crippen molar-refractivity contribution in [3.8, 4) is 0 Å². The van der Waals surface area contributed by atoms with E-state index in [1.54, 1.807) is 36.4 Å².